The number of cyclic esters (lactones) is 1. The highest BCUT2D eigenvalue weighted by Crippen LogP contribution is 2.54. The molecule has 4 fully saturated rings. The van der Waals surface area contributed by atoms with Crippen LogP contribution in [0.4, 0.5) is 0 Å². The minimum atomic E-state index is -1.61. The van der Waals surface area contributed by atoms with Crippen molar-refractivity contribution in [3.63, 3.8) is 0 Å². The van der Waals surface area contributed by atoms with Gasteiger partial charge in [-0.05, 0) is 38.6 Å². The lowest BCUT2D eigenvalue weighted by Gasteiger charge is -2.34. The van der Waals surface area contributed by atoms with Crippen molar-refractivity contribution in [1.29, 1.82) is 0 Å². The van der Waals surface area contributed by atoms with Crippen molar-refractivity contribution in [3.05, 3.63) is 0 Å². The molecular formula is C18H27NO5. The van der Waals surface area contributed by atoms with E-state index >= 15 is 0 Å². The zero-order chi connectivity index (χ0) is 17.3. The standard InChI is InChI=1S/C18H27NO5/c1-10-8-18(22)11(2)17(10,3)15(20)23-9-12-4-6-19-7-5-13(14(12)19)24-16(18)21/h10-14,22H,4-9H2,1-3H3. The van der Waals surface area contributed by atoms with Gasteiger partial charge >= 0.3 is 11.9 Å². The maximum absolute atomic E-state index is 12.9. The third-order valence-electron chi connectivity index (χ3n) is 7.51. The van der Waals surface area contributed by atoms with Crippen molar-refractivity contribution < 1.29 is 24.2 Å². The summed E-state index contributed by atoms with van der Waals surface area (Å²) in [4.78, 5) is 28.0. The van der Waals surface area contributed by atoms with Crippen molar-refractivity contribution in [2.45, 2.75) is 57.8 Å². The van der Waals surface area contributed by atoms with E-state index in [0.29, 0.717) is 6.61 Å². The molecule has 4 aliphatic rings. The number of ether oxygens (including phenoxy) is 2. The number of hydrogen-bond acceptors (Lipinski definition) is 6. The Morgan fingerprint density at radius 1 is 1.17 bits per heavy atom. The summed E-state index contributed by atoms with van der Waals surface area (Å²) in [5.74, 6) is -1.32. The lowest BCUT2D eigenvalue weighted by atomic mass is 9.73. The predicted octanol–water partition coefficient (Wildman–Crippen LogP) is 0.962. The van der Waals surface area contributed by atoms with Crippen molar-refractivity contribution in [3.8, 4) is 0 Å². The maximum atomic E-state index is 12.9. The van der Waals surface area contributed by atoms with Crippen molar-refractivity contribution >= 4 is 11.9 Å². The second kappa shape index (κ2) is 5.18. The van der Waals surface area contributed by atoms with Gasteiger partial charge in [0.1, 0.15) is 6.10 Å². The zero-order valence-electron chi connectivity index (χ0n) is 14.7. The summed E-state index contributed by atoms with van der Waals surface area (Å²) in [6, 6.07) is 0.113. The van der Waals surface area contributed by atoms with Crippen LogP contribution in [0.15, 0.2) is 0 Å². The van der Waals surface area contributed by atoms with Gasteiger partial charge in [-0.2, -0.15) is 0 Å². The third-order valence-corrected chi connectivity index (χ3v) is 7.51. The van der Waals surface area contributed by atoms with E-state index in [0.717, 1.165) is 25.9 Å². The molecule has 6 heteroatoms. The second-order valence-electron chi connectivity index (χ2n) is 8.44. The molecule has 134 valence electrons. The Labute approximate surface area is 142 Å². The molecule has 0 amide bonds. The number of hydrogen-bond donors (Lipinski definition) is 1. The molecule has 0 radical (unpaired) electrons. The summed E-state index contributed by atoms with van der Waals surface area (Å²) in [6.07, 6.45) is 1.78. The summed E-state index contributed by atoms with van der Waals surface area (Å²) < 4.78 is 11.5. The largest absolute Gasteiger partial charge is 0.465 e. The quantitative estimate of drug-likeness (QED) is 0.664. The van der Waals surface area contributed by atoms with E-state index in [1.807, 2.05) is 13.8 Å². The van der Waals surface area contributed by atoms with Crippen molar-refractivity contribution in [2.75, 3.05) is 19.7 Å². The molecule has 0 aromatic rings. The normalized spacial score (nSPS) is 51.8. The van der Waals surface area contributed by atoms with E-state index in [1.165, 1.54) is 0 Å². The first-order chi connectivity index (χ1) is 11.3. The monoisotopic (exact) mass is 337 g/mol. The lowest BCUT2D eigenvalue weighted by molar-refractivity contribution is -0.178. The number of aliphatic hydroxyl groups is 1. The zero-order valence-corrected chi connectivity index (χ0v) is 14.7. The molecule has 3 aliphatic heterocycles. The van der Waals surface area contributed by atoms with Crippen LogP contribution in [0.3, 0.4) is 0 Å². The molecule has 7 atom stereocenters. The van der Waals surface area contributed by atoms with Gasteiger partial charge in [-0.1, -0.05) is 13.8 Å². The Balaban J connectivity index is 1.73. The molecule has 1 aliphatic carbocycles. The van der Waals surface area contributed by atoms with Crippen LogP contribution in [0.25, 0.3) is 0 Å². The average Bonchev–Trinajstić information content (AvgIpc) is 3.16. The molecule has 0 aromatic heterocycles. The number of carbonyl (C=O) groups excluding carboxylic acids is 2. The first-order valence-corrected chi connectivity index (χ1v) is 9.13. The molecule has 24 heavy (non-hydrogen) atoms. The highest BCUT2D eigenvalue weighted by Gasteiger charge is 2.65. The molecule has 1 saturated carbocycles. The number of rotatable bonds is 0. The van der Waals surface area contributed by atoms with Gasteiger partial charge in [0.05, 0.1) is 18.1 Å². The predicted molar refractivity (Wildman–Crippen MR) is 84.9 cm³/mol. The fourth-order valence-corrected chi connectivity index (χ4v) is 5.52. The summed E-state index contributed by atoms with van der Waals surface area (Å²) in [6.45, 7) is 7.72. The average molecular weight is 337 g/mol. The van der Waals surface area contributed by atoms with Crippen LogP contribution >= 0.6 is 0 Å². The second-order valence-corrected chi connectivity index (χ2v) is 8.44. The van der Waals surface area contributed by atoms with E-state index in [9.17, 15) is 14.7 Å². The van der Waals surface area contributed by atoms with Gasteiger partial charge < -0.3 is 14.6 Å². The van der Waals surface area contributed by atoms with E-state index in [2.05, 4.69) is 4.90 Å². The third kappa shape index (κ3) is 1.96. The molecule has 4 rings (SSSR count). The SMILES string of the molecule is CC1CC2(O)C(=O)OC3CCN4CCC(COC(=O)C1(C)C2C)C34. The van der Waals surface area contributed by atoms with E-state index < -0.39 is 22.9 Å². The minimum absolute atomic E-state index is 0.113. The van der Waals surface area contributed by atoms with Gasteiger partial charge in [-0.3, -0.25) is 9.69 Å². The van der Waals surface area contributed by atoms with E-state index in [1.54, 1.807) is 6.92 Å². The van der Waals surface area contributed by atoms with Gasteiger partial charge in [0, 0.05) is 18.4 Å². The topological polar surface area (TPSA) is 76.1 Å². The van der Waals surface area contributed by atoms with Crippen LogP contribution in [-0.2, 0) is 19.1 Å². The highest BCUT2D eigenvalue weighted by atomic mass is 16.6. The highest BCUT2D eigenvalue weighted by molar-refractivity contribution is 5.85. The number of esters is 2. The molecule has 7 unspecified atom stereocenters. The molecule has 0 spiro atoms. The molecule has 6 nitrogen and oxygen atoms in total. The van der Waals surface area contributed by atoms with Crippen LogP contribution in [0.5, 0.6) is 0 Å². The van der Waals surface area contributed by atoms with Crippen LogP contribution in [0.2, 0.25) is 0 Å². The molecular weight excluding hydrogens is 310 g/mol. The number of fused-ring (bicyclic) bond motifs is 2. The molecule has 3 heterocycles. The number of nitrogens with zero attached hydrogens (tertiary/aromatic N) is 1. The van der Waals surface area contributed by atoms with E-state index in [-0.39, 0.29) is 36.4 Å². The van der Waals surface area contributed by atoms with Crippen LogP contribution in [0, 0.1) is 23.2 Å². The fourth-order valence-electron chi connectivity index (χ4n) is 5.52. The lowest BCUT2D eigenvalue weighted by Crippen LogP contribution is -2.49. The minimum Gasteiger partial charge on any atom is -0.465 e. The van der Waals surface area contributed by atoms with Gasteiger partial charge in [0.2, 0.25) is 0 Å². The Morgan fingerprint density at radius 2 is 1.88 bits per heavy atom. The molecule has 0 aromatic carbocycles. The smallest absolute Gasteiger partial charge is 0.338 e. The molecule has 3 saturated heterocycles. The molecule has 2 bridgehead atoms. The summed E-state index contributed by atoms with van der Waals surface area (Å²) in [5, 5.41) is 11.1. The first kappa shape index (κ1) is 16.3. The maximum Gasteiger partial charge on any atom is 0.338 e. The van der Waals surface area contributed by atoms with Crippen LogP contribution in [0.1, 0.15) is 40.0 Å². The van der Waals surface area contributed by atoms with Gasteiger partial charge in [0.15, 0.2) is 5.60 Å². The fraction of sp³-hybridized carbons (Fsp3) is 0.889. The van der Waals surface area contributed by atoms with Gasteiger partial charge in [0.25, 0.3) is 0 Å². The Bertz CT molecular complexity index is 580. The summed E-state index contributed by atoms with van der Waals surface area (Å²) in [5.41, 5.74) is -2.48. The number of carbonyl (C=O) groups is 2. The summed E-state index contributed by atoms with van der Waals surface area (Å²) >= 11 is 0. The van der Waals surface area contributed by atoms with Crippen molar-refractivity contribution in [1.82, 2.24) is 4.90 Å². The Hall–Kier alpha value is -1.14. The van der Waals surface area contributed by atoms with Crippen LogP contribution in [-0.4, -0.2) is 59.4 Å². The first-order valence-electron chi connectivity index (χ1n) is 9.13. The van der Waals surface area contributed by atoms with Crippen molar-refractivity contribution in [2.24, 2.45) is 23.2 Å². The van der Waals surface area contributed by atoms with Gasteiger partial charge in [-0.25, -0.2) is 4.79 Å². The Kier molecular flexibility index (Phi) is 3.52. The van der Waals surface area contributed by atoms with Gasteiger partial charge in [-0.15, -0.1) is 0 Å². The Morgan fingerprint density at radius 3 is 2.62 bits per heavy atom. The van der Waals surface area contributed by atoms with Crippen LogP contribution < -0.4 is 0 Å². The summed E-state index contributed by atoms with van der Waals surface area (Å²) in [7, 11) is 0. The molecule has 1 N–H and O–H groups in total. The van der Waals surface area contributed by atoms with E-state index in [4.69, 9.17) is 9.47 Å².